The minimum Gasteiger partial charge on any atom is -0.503 e. The lowest BCUT2D eigenvalue weighted by molar-refractivity contribution is 0.371. The lowest BCUT2D eigenvalue weighted by atomic mass is 10.2. The zero-order valence-electron chi connectivity index (χ0n) is 11.1. The molecule has 0 fully saturated rings. The fourth-order valence-corrected chi connectivity index (χ4v) is 2.28. The Morgan fingerprint density at radius 2 is 2.06 bits per heavy atom. The van der Waals surface area contributed by atoms with Crippen LogP contribution in [0.5, 0.6) is 11.5 Å². The minimum absolute atomic E-state index is 0.157. The van der Waals surface area contributed by atoms with Crippen molar-refractivity contribution in [3.8, 4) is 11.5 Å². The molecular weight excluding hydrogens is 294 g/mol. The van der Waals surface area contributed by atoms with Gasteiger partial charge >= 0.3 is 0 Å². The number of phenolic OH excluding ortho intramolecular Hbond substituents is 1. The van der Waals surface area contributed by atoms with Crippen LogP contribution in [0.4, 0.5) is 0 Å². The third kappa shape index (κ3) is 4.86. The zero-order chi connectivity index (χ0) is 13.4. The molecule has 0 aliphatic rings. The van der Waals surface area contributed by atoms with Crippen molar-refractivity contribution < 1.29 is 9.84 Å². The van der Waals surface area contributed by atoms with Gasteiger partial charge in [0.2, 0.25) is 0 Å². The van der Waals surface area contributed by atoms with Crippen LogP contribution in [0.3, 0.4) is 0 Å². The average Bonchev–Trinajstić information content (AvgIpc) is 2.37. The Morgan fingerprint density at radius 3 is 2.72 bits per heavy atom. The number of hydrogen-bond acceptors (Lipinski definition) is 3. The van der Waals surface area contributed by atoms with E-state index in [4.69, 9.17) is 4.74 Å². The molecule has 18 heavy (non-hydrogen) atoms. The number of aromatic hydroxyl groups is 1. The molecule has 1 aromatic carbocycles. The monoisotopic (exact) mass is 315 g/mol. The summed E-state index contributed by atoms with van der Waals surface area (Å²) in [6.45, 7) is 4.04. The topological polar surface area (TPSA) is 41.5 Å². The molecule has 102 valence electrons. The first-order valence-corrected chi connectivity index (χ1v) is 7.24. The number of rotatable bonds is 8. The third-order valence-electron chi connectivity index (χ3n) is 2.84. The summed E-state index contributed by atoms with van der Waals surface area (Å²) in [7, 11) is 1.56. The van der Waals surface area contributed by atoms with Crippen LogP contribution in [0.1, 0.15) is 38.2 Å². The number of unbranched alkanes of at least 4 members (excludes halogenated alkanes) is 3. The molecule has 0 saturated carbocycles. The fraction of sp³-hybridized carbons (Fsp3) is 0.571. The summed E-state index contributed by atoms with van der Waals surface area (Å²) < 4.78 is 5.79. The highest BCUT2D eigenvalue weighted by Crippen LogP contribution is 2.35. The van der Waals surface area contributed by atoms with E-state index in [-0.39, 0.29) is 5.75 Å². The molecule has 1 rings (SSSR count). The third-order valence-corrected chi connectivity index (χ3v) is 3.45. The standard InChI is InChI=1S/C14H22BrNO2/c1-3-4-5-6-7-16-10-11-8-12(15)14(17)13(9-11)18-2/h8-9,16-17H,3-7,10H2,1-2H3. The van der Waals surface area contributed by atoms with Gasteiger partial charge in [0.15, 0.2) is 11.5 Å². The molecule has 0 unspecified atom stereocenters. The van der Waals surface area contributed by atoms with Crippen LogP contribution >= 0.6 is 15.9 Å². The van der Waals surface area contributed by atoms with E-state index in [1.807, 2.05) is 12.1 Å². The highest BCUT2D eigenvalue weighted by atomic mass is 79.9. The summed E-state index contributed by atoms with van der Waals surface area (Å²) >= 11 is 3.32. The molecule has 0 amide bonds. The van der Waals surface area contributed by atoms with E-state index in [0.29, 0.717) is 10.2 Å². The quantitative estimate of drug-likeness (QED) is 0.716. The molecule has 1 aromatic rings. The number of halogens is 1. The largest absolute Gasteiger partial charge is 0.503 e. The highest BCUT2D eigenvalue weighted by molar-refractivity contribution is 9.10. The molecule has 0 aliphatic heterocycles. The van der Waals surface area contributed by atoms with E-state index in [9.17, 15) is 5.11 Å². The van der Waals surface area contributed by atoms with E-state index >= 15 is 0 Å². The van der Waals surface area contributed by atoms with Gasteiger partial charge in [-0.2, -0.15) is 0 Å². The van der Waals surface area contributed by atoms with Gasteiger partial charge in [-0.25, -0.2) is 0 Å². The van der Waals surface area contributed by atoms with Gasteiger partial charge in [-0.1, -0.05) is 26.2 Å². The zero-order valence-corrected chi connectivity index (χ0v) is 12.7. The normalized spacial score (nSPS) is 10.6. The van der Waals surface area contributed by atoms with E-state index < -0.39 is 0 Å². The molecule has 0 aliphatic carbocycles. The molecule has 0 saturated heterocycles. The van der Waals surface area contributed by atoms with Crippen molar-refractivity contribution in [1.29, 1.82) is 0 Å². The Bertz CT molecular complexity index is 369. The van der Waals surface area contributed by atoms with Crippen LogP contribution in [-0.4, -0.2) is 18.8 Å². The maximum absolute atomic E-state index is 9.70. The molecule has 0 radical (unpaired) electrons. The van der Waals surface area contributed by atoms with Crippen LogP contribution in [0.15, 0.2) is 16.6 Å². The lowest BCUT2D eigenvalue weighted by Crippen LogP contribution is -2.14. The second-order valence-electron chi connectivity index (χ2n) is 4.37. The summed E-state index contributed by atoms with van der Waals surface area (Å²) in [5, 5.41) is 13.1. The highest BCUT2D eigenvalue weighted by Gasteiger charge is 2.08. The molecule has 0 bridgehead atoms. The predicted molar refractivity (Wildman–Crippen MR) is 78.2 cm³/mol. The summed E-state index contributed by atoms with van der Waals surface area (Å²) in [6.07, 6.45) is 5.07. The van der Waals surface area contributed by atoms with E-state index in [1.54, 1.807) is 7.11 Å². The summed E-state index contributed by atoms with van der Waals surface area (Å²) in [4.78, 5) is 0. The first kappa shape index (κ1) is 15.3. The van der Waals surface area contributed by atoms with Gasteiger partial charge in [0.05, 0.1) is 11.6 Å². The van der Waals surface area contributed by atoms with E-state index in [1.165, 1.54) is 25.7 Å². The molecular formula is C14H22BrNO2. The first-order chi connectivity index (χ1) is 8.69. The van der Waals surface area contributed by atoms with Crippen molar-refractivity contribution in [3.63, 3.8) is 0 Å². The van der Waals surface area contributed by atoms with Gasteiger partial charge in [-0.05, 0) is 46.6 Å². The fourth-order valence-electron chi connectivity index (χ4n) is 1.79. The predicted octanol–water partition coefficient (Wildman–Crippen LogP) is 3.83. The molecule has 0 aromatic heterocycles. The molecule has 2 N–H and O–H groups in total. The maximum Gasteiger partial charge on any atom is 0.172 e. The Labute approximate surface area is 118 Å². The van der Waals surface area contributed by atoms with Gasteiger partial charge < -0.3 is 15.2 Å². The average molecular weight is 316 g/mol. The Balaban J connectivity index is 2.40. The van der Waals surface area contributed by atoms with Gasteiger partial charge in [0.25, 0.3) is 0 Å². The Morgan fingerprint density at radius 1 is 1.28 bits per heavy atom. The SMILES string of the molecule is CCCCCCNCc1cc(Br)c(O)c(OC)c1. The number of ether oxygens (including phenoxy) is 1. The van der Waals surface area contributed by atoms with Crippen molar-refractivity contribution in [2.24, 2.45) is 0 Å². The van der Waals surface area contributed by atoms with E-state index in [0.717, 1.165) is 18.7 Å². The number of methoxy groups -OCH3 is 1. The molecule has 4 heteroatoms. The lowest BCUT2D eigenvalue weighted by Gasteiger charge is -2.10. The van der Waals surface area contributed by atoms with E-state index in [2.05, 4.69) is 28.2 Å². The summed E-state index contributed by atoms with van der Waals surface area (Å²) in [5.41, 5.74) is 1.10. The van der Waals surface area contributed by atoms with Crippen molar-refractivity contribution in [2.75, 3.05) is 13.7 Å². The number of phenols is 1. The van der Waals surface area contributed by atoms with Crippen molar-refractivity contribution in [2.45, 2.75) is 39.2 Å². The second-order valence-corrected chi connectivity index (χ2v) is 5.22. The van der Waals surface area contributed by atoms with Gasteiger partial charge in [0.1, 0.15) is 0 Å². The molecule has 0 spiro atoms. The van der Waals surface area contributed by atoms with Gasteiger partial charge in [-0.3, -0.25) is 0 Å². The van der Waals surface area contributed by atoms with Crippen LogP contribution in [-0.2, 0) is 6.54 Å². The number of hydrogen-bond donors (Lipinski definition) is 2. The van der Waals surface area contributed by atoms with Crippen molar-refractivity contribution >= 4 is 15.9 Å². The van der Waals surface area contributed by atoms with Crippen LogP contribution in [0.2, 0.25) is 0 Å². The molecule has 3 nitrogen and oxygen atoms in total. The first-order valence-electron chi connectivity index (χ1n) is 6.45. The molecule has 0 atom stereocenters. The van der Waals surface area contributed by atoms with Crippen molar-refractivity contribution in [3.05, 3.63) is 22.2 Å². The summed E-state index contributed by atoms with van der Waals surface area (Å²) in [6, 6.07) is 3.77. The maximum atomic E-state index is 9.70. The Kier molecular flexibility index (Phi) is 7.13. The number of benzene rings is 1. The minimum atomic E-state index is 0.157. The van der Waals surface area contributed by atoms with Crippen LogP contribution in [0, 0.1) is 0 Å². The number of nitrogens with one attached hydrogen (secondary N) is 1. The van der Waals surface area contributed by atoms with Crippen LogP contribution in [0.25, 0.3) is 0 Å². The van der Waals surface area contributed by atoms with Gasteiger partial charge in [0, 0.05) is 6.54 Å². The van der Waals surface area contributed by atoms with Gasteiger partial charge in [-0.15, -0.1) is 0 Å². The van der Waals surface area contributed by atoms with Crippen molar-refractivity contribution in [1.82, 2.24) is 5.32 Å². The summed E-state index contributed by atoms with van der Waals surface area (Å²) in [5.74, 6) is 0.663. The second kappa shape index (κ2) is 8.38. The Hall–Kier alpha value is -0.740. The molecule has 0 heterocycles. The smallest absolute Gasteiger partial charge is 0.172 e. The van der Waals surface area contributed by atoms with Crippen LogP contribution < -0.4 is 10.1 Å².